The van der Waals surface area contributed by atoms with Crippen LogP contribution in [-0.4, -0.2) is 29.1 Å². The van der Waals surface area contributed by atoms with Gasteiger partial charge < -0.3 is 14.0 Å². The second-order valence-electron chi connectivity index (χ2n) is 8.72. The van der Waals surface area contributed by atoms with Crippen LogP contribution >= 0.6 is 11.3 Å². The van der Waals surface area contributed by atoms with Crippen LogP contribution in [0.2, 0.25) is 0 Å². The molecule has 7 heteroatoms. The van der Waals surface area contributed by atoms with E-state index >= 15 is 0 Å². The lowest BCUT2D eigenvalue weighted by Crippen LogP contribution is -2.24. The van der Waals surface area contributed by atoms with Crippen LogP contribution < -0.4 is 0 Å². The Morgan fingerprint density at radius 2 is 1.79 bits per heavy atom. The molecule has 2 aromatic carbocycles. The smallest absolute Gasteiger partial charge is 0.347 e. The molecule has 6 nitrogen and oxygen atoms in total. The van der Waals surface area contributed by atoms with Gasteiger partial charge in [0, 0.05) is 62.6 Å². The first-order valence-corrected chi connectivity index (χ1v) is 12.1. The van der Waals surface area contributed by atoms with Crippen LogP contribution in [0.4, 0.5) is 0 Å². The maximum atomic E-state index is 13.2. The highest BCUT2D eigenvalue weighted by Gasteiger charge is 2.40. The summed E-state index contributed by atoms with van der Waals surface area (Å²) in [5, 5.41) is 3.77. The monoisotopic (exact) mass is 471 g/mol. The van der Waals surface area contributed by atoms with Gasteiger partial charge in [0.05, 0.1) is 17.8 Å². The summed E-state index contributed by atoms with van der Waals surface area (Å²) < 4.78 is 13.8. The van der Waals surface area contributed by atoms with Crippen molar-refractivity contribution in [3.63, 3.8) is 0 Å². The fourth-order valence-electron chi connectivity index (χ4n) is 5.20. The Balaban J connectivity index is 1.59. The van der Waals surface area contributed by atoms with Crippen molar-refractivity contribution in [3.05, 3.63) is 70.7 Å². The third-order valence-electron chi connectivity index (χ3n) is 6.69. The third kappa shape index (κ3) is 3.19. The Labute approximate surface area is 199 Å². The van der Waals surface area contributed by atoms with Crippen molar-refractivity contribution in [2.45, 2.75) is 26.3 Å². The van der Waals surface area contributed by atoms with Gasteiger partial charge in [-0.15, -0.1) is 11.3 Å². The lowest BCUT2D eigenvalue weighted by atomic mass is 9.89. The number of para-hydroxylation sites is 1. The molecule has 1 atom stereocenters. The molecule has 4 aromatic rings. The summed E-state index contributed by atoms with van der Waals surface area (Å²) in [6, 6.07) is 15.8. The van der Waals surface area contributed by atoms with Gasteiger partial charge in [-0.3, -0.25) is 4.79 Å². The van der Waals surface area contributed by atoms with Crippen LogP contribution in [-0.2, 0) is 36.8 Å². The van der Waals surface area contributed by atoms with E-state index in [-0.39, 0.29) is 11.9 Å². The van der Waals surface area contributed by atoms with E-state index in [1.54, 1.807) is 0 Å². The average Bonchev–Trinajstić information content (AvgIpc) is 3.48. The van der Waals surface area contributed by atoms with E-state index < -0.39 is 11.9 Å². The van der Waals surface area contributed by atoms with Gasteiger partial charge in [0.15, 0.2) is 0 Å². The molecule has 0 amide bonds. The fourth-order valence-corrected chi connectivity index (χ4v) is 6.15. The zero-order valence-electron chi connectivity index (χ0n) is 18.5. The van der Waals surface area contributed by atoms with E-state index in [9.17, 15) is 14.4 Å². The van der Waals surface area contributed by atoms with Crippen molar-refractivity contribution >= 4 is 61.4 Å². The molecule has 170 valence electrons. The van der Waals surface area contributed by atoms with Crippen molar-refractivity contribution in [2.75, 3.05) is 6.61 Å². The van der Waals surface area contributed by atoms with E-state index in [2.05, 4.69) is 4.57 Å². The molecule has 6 rings (SSSR count). The van der Waals surface area contributed by atoms with Gasteiger partial charge in [-0.25, -0.2) is 9.59 Å². The molecule has 0 aliphatic carbocycles. The maximum absolute atomic E-state index is 13.2. The minimum absolute atomic E-state index is 0.138. The van der Waals surface area contributed by atoms with Crippen LogP contribution in [0.15, 0.2) is 53.9 Å². The van der Waals surface area contributed by atoms with Crippen molar-refractivity contribution < 1.29 is 23.9 Å². The highest BCUT2D eigenvalue weighted by atomic mass is 32.1. The molecule has 0 saturated heterocycles. The summed E-state index contributed by atoms with van der Waals surface area (Å²) >= 11 is 1.54. The van der Waals surface area contributed by atoms with Gasteiger partial charge in [0.25, 0.3) is 0 Å². The first kappa shape index (κ1) is 20.9. The molecule has 34 heavy (non-hydrogen) atoms. The van der Waals surface area contributed by atoms with Crippen LogP contribution in [0.3, 0.4) is 0 Å². The van der Waals surface area contributed by atoms with Gasteiger partial charge in [0.1, 0.15) is 0 Å². The first-order chi connectivity index (χ1) is 16.5. The minimum Gasteiger partial charge on any atom is -0.466 e. The lowest BCUT2D eigenvalue weighted by Gasteiger charge is -2.25. The number of hydrogen-bond acceptors (Lipinski definition) is 6. The number of carbonyl (C=O) groups excluding carboxylic acids is 3. The zero-order chi connectivity index (χ0) is 23.4. The fraction of sp³-hybridized carbons (Fsp3) is 0.222. The van der Waals surface area contributed by atoms with E-state index in [4.69, 9.17) is 9.47 Å². The summed E-state index contributed by atoms with van der Waals surface area (Å²) in [5.41, 5.74) is 4.12. The van der Waals surface area contributed by atoms with E-state index in [0.29, 0.717) is 24.2 Å². The van der Waals surface area contributed by atoms with Crippen molar-refractivity contribution in [2.24, 2.45) is 5.92 Å². The second-order valence-corrected chi connectivity index (χ2v) is 9.64. The zero-order valence-corrected chi connectivity index (χ0v) is 19.3. The highest BCUT2D eigenvalue weighted by molar-refractivity contribution is 7.17. The Bertz CT molecular complexity index is 1540. The van der Waals surface area contributed by atoms with E-state index in [1.807, 2.05) is 53.9 Å². The Morgan fingerprint density at radius 3 is 2.62 bits per heavy atom. The molecule has 2 aromatic heterocycles. The number of thiophene rings is 1. The van der Waals surface area contributed by atoms with Gasteiger partial charge in [-0.05, 0) is 25.0 Å². The number of rotatable bonds is 4. The highest BCUT2D eigenvalue weighted by Crippen LogP contribution is 2.44. The Hall–Kier alpha value is -3.71. The number of aromatic nitrogens is 1. The predicted octanol–water partition coefficient (Wildman–Crippen LogP) is 4.98. The van der Waals surface area contributed by atoms with E-state index in [0.717, 1.165) is 50.8 Å². The van der Waals surface area contributed by atoms with Crippen LogP contribution in [0.1, 0.15) is 30.2 Å². The van der Waals surface area contributed by atoms with Gasteiger partial charge in [-0.2, -0.15) is 0 Å². The minimum atomic E-state index is -0.614. The average molecular weight is 472 g/mol. The second kappa shape index (κ2) is 7.95. The number of esters is 3. The number of aryl methyl sites for hydroxylation is 1. The maximum Gasteiger partial charge on any atom is 0.347 e. The topological polar surface area (TPSA) is 74.6 Å². The van der Waals surface area contributed by atoms with Crippen molar-refractivity contribution in [3.8, 4) is 0 Å². The number of hydrogen-bond donors (Lipinski definition) is 0. The number of cyclic esters (lactones) is 2. The number of benzene rings is 2. The molecule has 0 N–H and O–H groups in total. The summed E-state index contributed by atoms with van der Waals surface area (Å²) in [4.78, 5) is 37.6. The first-order valence-electron chi connectivity index (χ1n) is 11.2. The SMILES string of the molecule is CC(=O)OCC1CCn2c(c(C3=C(c4csc5ccccc45)C(=O)OC3=O)c3ccccc32)C1. The normalized spacial score (nSPS) is 18.0. The largest absolute Gasteiger partial charge is 0.466 e. The molecule has 1 unspecified atom stereocenters. The summed E-state index contributed by atoms with van der Waals surface area (Å²) in [6.07, 6.45) is 1.50. The number of carbonyl (C=O) groups is 3. The van der Waals surface area contributed by atoms with Crippen molar-refractivity contribution in [1.29, 1.82) is 0 Å². The van der Waals surface area contributed by atoms with Crippen LogP contribution in [0.5, 0.6) is 0 Å². The molecule has 0 fully saturated rings. The molecule has 0 saturated carbocycles. The van der Waals surface area contributed by atoms with Gasteiger partial charge in [-0.1, -0.05) is 36.4 Å². The standard InChI is InChI=1S/C27H21NO5S/c1-15(29)32-13-16-10-11-28-20-8-4-2-7-18(20)23(21(28)12-16)25-24(26(30)33-27(25)31)19-14-34-22-9-5-3-6-17(19)22/h2-9,14,16H,10-13H2,1H3. The van der Waals surface area contributed by atoms with Gasteiger partial charge >= 0.3 is 17.9 Å². The molecular weight excluding hydrogens is 450 g/mol. The quantitative estimate of drug-likeness (QED) is 0.310. The summed E-state index contributed by atoms with van der Waals surface area (Å²) in [6.45, 7) is 2.49. The Kier molecular flexibility index (Phi) is 4.88. The van der Waals surface area contributed by atoms with Crippen LogP contribution in [0, 0.1) is 5.92 Å². The van der Waals surface area contributed by atoms with E-state index in [1.165, 1.54) is 18.3 Å². The number of nitrogens with zero attached hydrogens (tertiary/aromatic N) is 1. The summed E-state index contributed by atoms with van der Waals surface area (Å²) in [5.74, 6) is -1.39. The molecule has 0 radical (unpaired) electrons. The molecule has 0 spiro atoms. The van der Waals surface area contributed by atoms with Crippen LogP contribution in [0.25, 0.3) is 32.1 Å². The van der Waals surface area contributed by atoms with Crippen molar-refractivity contribution in [1.82, 2.24) is 4.57 Å². The Morgan fingerprint density at radius 1 is 1.06 bits per heavy atom. The lowest BCUT2D eigenvalue weighted by molar-refractivity contribution is -0.149. The molecule has 2 aliphatic rings. The number of ether oxygens (including phenoxy) is 2. The summed E-state index contributed by atoms with van der Waals surface area (Å²) in [7, 11) is 0. The number of fused-ring (bicyclic) bond motifs is 4. The molecule has 4 heterocycles. The van der Waals surface area contributed by atoms with Gasteiger partial charge in [0.2, 0.25) is 0 Å². The molecule has 2 aliphatic heterocycles. The molecular formula is C27H21NO5S. The third-order valence-corrected chi connectivity index (χ3v) is 7.65. The molecule has 0 bridgehead atoms. The predicted molar refractivity (Wildman–Crippen MR) is 130 cm³/mol.